The van der Waals surface area contributed by atoms with Gasteiger partial charge >= 0.3 is 0 Å². The van der Waals surface area contributed by atoms with Crippen molar-refractivity contribution in [1.82, 2.24) is 5.32 Å². The fraction of sp³-hybridized carbons (Fsp3) is 0.500. The Morgan fingerprint density at radius 3 is 2.53 bits per heavy atom. The van der Waals surface area contributed by atoms with E-state index < -0.39 is 9.84 Å². The Morgan fingerprint density at radius 1 is 1.41 bits per heavy atom. The topological polar surface area (TPSA) is 72.2 Å². The van der Waals surface area contributed by atoms with Crippen LogP contribution in [0.1, 0.15) is 18.4 Å². The van der Waals surface area contributed by atoms with Crippen LogP contribution >= 0.6 is 0 Å². The van der Waals surface area contributed by atoms with E-state index in [0.29, 0.717) is 5.69 Å². The predicted octanol–water partition coefficient (Wildman–Crippen LogP) is 0.923. The maximum atomic E-state index is 11.6. The lowest BCUT2D eigenvalue weighted by Crippen LogP contribution is -2.23. The number of likely N-dealkylation sites (N-methyl/N-ethyl adjacent to an activating group) is 1. The van der Waals surface area contributed by atoms with E-state index in [2.05, 4.69) is 5.32 Å². The summed E-state index contributed by atoms with van der Waals surface area (Å²) in [4.78, 5) is 0.248. The number of nitrogen functional groups attached to an aromatic ring is 1. The SMILES string of the molecule is CNCC1(c2ccc(N)c(S(C)(=O)=O)c2)CC1. The van der Waals surface area contributed by atoms with Gasteiger partial charge in [-0.1, -0.05) is 6.07 Å². The summed E-state index contributed by atoms with van der Waals surface area (Å²) in [6.07, 6.45) is 3.39. The average Bonchev–Trinajstić information content (AvgIpc) is 2.98. The lowest BCUT2D eigenvalue weighted by Gasteiger charge is -2.16. The van der Waals surface area contributed by atoms with Gasteiger partial charge in [0, 0.05) is 18.2 Å². The Kier molecular flexibility index (Phi) is 2.91. The molecule has 1 aromatic carbocycles. The van der Waals surface area contributed by atoms with Crippen LogP contribution < -0.4 is 11.1 Å². The van der Waals surface area contributed by atoms with Gasteiger partial charge < -0.3 is 11.1 Å². The van der Waals surface area contributed by atoms with E-state index in [0.717, 1.165) is 24.9 Å². The van der Waals surface area contributed by atoms with Crippen LogP contribution in [-0.4, -0.2) is 28.3 Å². The maximum absolute atomic E-state index is 11.6. The van der Waals surface area contributed by atoms with Gasteiger partial charge in [0.25, 0.3) is 0 Å². The summed E-state index contributed by atoms with van der Waals surface area (Å²) in [7, 11) is -1.34. The quantitative estimate of drug-likeness (QED) is 0.784. The van der Waals surface area contributed by atoms with Crippen molar-refractivity contribution in [3.8, 4) is 0 Å². The van der Waals surface area contributed by atoms with Crippen LogP contribution in [0.4, 0.5) is 5.69 Å². The number of rotatable bonds is 4. The fourth-order valence-corrected chi connectivity index (χ4v) is 3.08. The smallest absolute Gasteiger partial charge is 0.177 e. The molecule has 3 N–H and O–H groups in total. The zero-order chi connectivity index (χ0) is 12.7. The third-order valence-electron chi connectivity index (χ3n) is 3.39. The third-order valence-corrected chi connectivity index (χ3v) is 4.55. The maximum Gasteiger partial charge on any atom is 0.177 e. The highest BCUT2D eigenvalue weighted by Crippen LogP contribution is 2.48. The van der Waals surface area contributed by atoms with Crippen LogP contribution in [0.5, 0.6) is 0 Å². The van der Waals surface area contributed by atoms with Crippen molar-refractivity contribution in [3.63, 3.8) is 0 Å². The van der Waals surface area contributed by atoms with Crippen molar-refractivity contribution >= 4 is 15.5 Å². The number of nitrogens with one attached hydrogen (secondary N) is 1. The number of nitrogens with two attached hydrogens (primary N) is 1. The van der Waals surface area contributed by atoms with Crippen LogP contribution in [-0.2, 0) is 15.3 Å². The second-order valence-electron chi connectivity index (χ2n) is 4.84. The molecule has 2 rings (SSSR count). The summed E-state index contributed by atoms with van der Waals surface area (Å²) in [6.45, 7) is 0.875. The molecule has 0 bridgehead atoms. The van der Waals surface area contributed by atoms with E-state index in [1.54, 1.807) is 12.1 Å². The normalized spacial score (nSPS) is 18.0. The second-order valence-corrected chi connectivity index (χ2v) is 6.82. The first kappa shape index (κ1) is 12.4. The van der Waals surface area contributed by atoms with Gasteiger partial charge in [-0.05, 0) is 37.6 Å². The molecule has 1 aliphatic carbocycles. The molecule has 0 aliphatic heterocycles. The Labute approximate surface area is 102 Å². The predicted molar refractivity (Wildman–Crippen MR) is 68.8 cm³/mol. The monoisotopic (exact) mass is 254 g/mol. The molecule has 0 spiro atoms. The van der Waals surface area contributed by atoms with Crippen molar-refractivity contribution in [3.05, 3.63) is 23.8 Å². The molecule has 0 radical (unpaired) electrons. The number of anilines is 1. The van der Waals surface area contributed by atoms with Crippen molar-refractivity contribution in [2.75, 3.05) is 25.6 Å². The molecule has 17 heavy (non-hydrogen) atoms. The van der Waals surface area contributed by atoms with Gasteiger partial charge in [-0.25, -0.2) is 8.42 Å². The molecule has 4 nitrogen and oxygen atoms in total. The van der Waals surface area contributed by atoms with Crippen LogP contribution in [0.25, 0.3) is 0 Å². The molecule has 0 unspecified atom stereocenters. The molecule has 1 fully saturated rings. The molecule has 0 atom stereocenters. The van der Waals surface area contributed by atoms with E-state index >= 15 is 0 Å². The second kappa shape index (κ2) is 3.99. The molecular weight excluding hydrogens is 236 g/mol. The molecular formula is C12H18N2O2S. The molecule has 1 aliphatic rings. The minimum absolute atomic E-state index is 0.113. The lowest BCUT2D eigenvalue weighted by molar-refractivity contribution is 0.600. The lowest BCUT2D eigenvalue weighted by atomic mass is 9.96. The van der Waals surface area contributed by atoms with Gasteiger partial charge in [-0.3, -0.25) is 0 Å². The first-order valence-corrected chi connectivity index (χ1v) is 7.53. The first-order valence-electron chi connectivity index (χ1n) is 5.64. The van der Waals surface area contributed by atoms with Crippen molar-refractivity contribution in [1.29, 1.82) is 0 Å². The Hall–Kier alpha value is -1.07. The minimum atomic E-state index is -3.25. The van der Waals surface area contributed by atoms with E-state index in [4.69, 9.17) is 5.73 Å². The molecule has 1 saturated carbocycles. The molecule has 1 aromatic rings. The highest BCUT2D eigenvalue weighted by atomic mass is 32.2. The van der Waals surface area contributed by atoms with Gasteiger partial charge in [0.05, 0.1) is 10.6 Å². The van der Waals surface area contributed by atoms with E-state index in [-0.39, 0.29) is 10.3 Å². The molecule has 0 saturated heterocycles. The summed E-state index contributed by atoms with van der Waals surface area (Å²) < 4.78 is 23.2. The third kappa shape index (κ3) is 2.30. The number of hydrogen-bond donors (Lipinski definition) is 2. The molecule has 0 heterocycles. The minimum Gasteiger partial charge on any atom is -0.398 e. The molecule has 5 heteroatoms. The van der Waals surface area contributed by atoms with Crippen LogP contribution in [0, 0.1) is 0 Å². The van der Waals surface area contributed by atoms with Gasteiger partial charge in [-0.15, -0.1) is 0 Å². The number of sulfone groups is 1. The molecule has 0 aromatic heterocycles. The van der Waals surface area contributed by atoms with Gasteiger partial charge in [0.1, 0.15) is 0 Å². The average molecular weight is 254 g/mol. The van der Waals surface area contributed by atoms with Crippen molar-refractivity contribution in [2.45, 2.75) is 23.2 Å². The first-order chi connectivity index (χ1) is 7.89. The van der Waals surface area contributed by atoms with E-state index in [1.165, 1.54) is 6.26 Å². The highest BCUT2D eigenvalue weighted by Gasteiger charge is 2.43. The van der Waals surface area contributed by atoms with Crippen LogP contribution in [0.15, 0.2) is 23.1 Å². The Bertz CT molecular complexity index is 533. The summed E-state index contributed by atoms with van der Waals surface area (Å²) in [5, 5.41) is 3.16. The van der Waals surface area contributed by atoms with Crippen molar-refractivity contribution < 1.29 is 8.42 Å². The van der Waals surface area contributed by atoms with Crippen molar-refractivity contribution in [2.24, 2.45) is 0 Å². The Balaban J connectivity index is 2.46. The zero-order valence-corrected chi connectivity index (χ0v) is 11.0. The highest BCUT2D eigenvalue weighted by molar-refractivity contribution is 7.90. The van der Waals surface area contributed by atoms with Gasteiger partial charge in [0.15, 0.2) is 9.84 Å². The summed E-state index contributed by atoms with van der Waals surface area (Å²) in [6, 6.07) is 5.37. The summed E-state index contributed by atoms with van der Waals surface area (Å²) in [5.74, 6) is 0. The summed E-state index contributed by atoms with van der Waals surface area (Å²) >= 11 is 0. The standard InChI is InChI=1S/C12H18N2O2S/c1-14-8-12(5-6-12)9-3-4-10(13)11(7-9)17(2,15)16/h3-4,7,14H,5-6,8,13H2,1-2H3. The van der Waals surface area contributed by atoms with Crippen LogP contribution in [0.3, 0.4) is 0 Å². The van der Waals surface area contributed by atoms with E-state index in [1.807, 2.05) is 13.1 Å². The summed E-state index contributed by atoms with van der Waals surface area (Å²) in [5.41, 5.74) is 7.23. The number of hydrogen-bond acceptors (Lipinski definition) is 4. The molecule has 94 valence electrons. The Morgan fingerprint density at radius 2 is 2.06 bits per heavy atom. The van der Waals surface area contributed by atoms with E-state index in [9.17, 15) is 8.42 Å². The van der Waals surface area contributed by atoms with Crippen LogP contribution in [0.2, 0.25) is 0 Å². The fourth-order valence-electron chi connectivity index (χ4n) is 2.24. The zero-order valence-electron chi connectivity index (χ0n) is 10.2. The van der Waals surface area contributed by atoms with Gasteiger partial charge in [-0.2, -0.15) is 0 Å². The largest absolute Gasteiger partial charge is 0.398 e. The van der Waals surface area contributed by atoms with Gasteiger partial charge in [0.2, 0.25) is 0 Å². The molecule has 0 amide bonds. The number of benzene rings is 1.